The van der Waals surface area contributed by atoms with Crippen LogP contribution in [-0.4, -0.2) is 15.6 Å². The zero-order chi connectivity index (χ0) is 14.1. The van der Waals surface area contributed by atoms with Crippen molar-refractivity contribution in [3.05, 3.63) is 71.4 Å². The van der Waals surface area contributed by atoms with Crippen LogP contribution in [0.2, 0.25) is 0 Å². The lowest BCUT2D eigenvalue weighted by Gasteiger charge is -2.08. The molecule has 1 heterocycles. The van der Waals surface area contributed by atoms with Gasteiger partial charge in [-0.2, -0.15) is 0 Å². The minimum atomic E-state index is -0.890. The number of carboxylic acids is 1. The monoisotopic (exact) mass is 265 g/mol. The summed E-state index contributed by atoms with van der Waals surface area (Å²) in [6.45, 7) is 2.89. The summed E-state index contributed by atoms with van der Waals surface area (Å²) < 4.78 is 2.14. The fraction of sp³-hybridized carbons (Fsp3) is 0.118. The van der Waals surface area contributed by atoms with E-state index in [9.17, 15) is 4.79 Å². The number of rotatable bonds is 3. The molecule has 0 atom stereocenters. The number of hydrogen-bond donors (Lipinski definition) is 1. The standard InChI is InChI=1S/C17H15NO2/c1-12-4-2-3-5-15(12)11-18-9-8-13-10-14(17(19)20)6-7-16(13)18/h2-10H,11H2,1H3,(H,19,20). The fourth-order valence-corrected chi connectivity index (χ4v) is 2.44. The molecule has 0 aliphatic heterocycles. The molecular weight excluding hydrogens is 250 g/mol. The van der Waals surface area contributed by atoms with Crippen molar-refractivity contribution in [2.75, 3.05) is 0 Å². The Balaban J connectivity index is 2.01. The van der Waals surface area contributed by atoms with E-state index in [0.29, 0.717) is 5.56 Å². The SMILES string of the molecule is Cc1ccccc1Cn1ccc2cc(C(=O)O)ccc21. The lowest BCUT2D eigenvalue weighted by molar-refractivity contribution is 0.0697. The van der Waals surface area contributed by atoms with Crippen molar-refractivity contribution in [1.82, 2.24) is 4.57 Å². The predicted molar refractivity (Wildman–Crippen MR) is 79.2 cm³/mol. The van der Waals surface area contributed by atoms with E-state index in [0.717, 1.165) is 17.4 Å². The summed E-state index contributed by atoms with van der Waals surface area (Å²) in [7, 11) is 0. The molecule has 0 aliphatic rings. The highest BCUT2D eigenvalue weighted by molar-refractivity contribution is 5.93. The topological polar surface area (TPSA) is 42.2 Å². The van der Waals surface area contributed by atoms with E-state index in [1.54, 1.807) is 12.1 Å². The normalized spacial score (nSPS) is 10.8. The van der Waals surface area contributed by atoms with Gasteiger partial charge in [-0.1, -0.05) is 24.3 Å². The Morgan fingerprint density at radius 3 is 2.70 bits per heavy atom. The van der Waals surface area contributed by atoms with Crippen molar-refractivity contribution < 1.29 is 9.90 Å². The first-order valence-corrected chi connectivity index (χ1v) is 6.52. The molecule has 0 saturated carbocycles. The Bertz CT molecular complexity index is 787. The minimum absolute atomic E-state index is 0.325. The maximum atomic E-state index is 11.0. The fourth-order valence-electron chi connectivity index (χ4n) is 2.44. The third kappa shape index (κ3) is 2.18. The number of hydrogen-bond acceptors (Lipinski definition) is 1. The molecule has 3 aromatic rings. The molecule has 3 heteroatoms. The highest BCUT2D eigenvalue weighted by Crippen LogP contribution is 2.20. The Morgan fingerprint density at radius 1 is 1.15 bits per heavy atom. The zero-order valence-corrected chi connectivity index (χ0v) is 11.2. The van der Waals surface area contributed by atoms with Crippen LogP contribution in [0.3, 0.4) is 0 Å². The van der Waals surface area contributed by atoms with Crippen LogP contribution in [0, 0.1) is 6.92 Å². The van der Waals surface area contributed by atoms with Crippen LogP contribution in [0.15, 0.2) is 54.7 Å². The number of aryl methyl sites for hydroxylation is 1. The van der Waals surface area contributed by atoms with E-state index in [1.807, 2.05) is 30.5 Å². The van der Waals surface area contributed by atoms with Crippen LogP contribution in [0.1, 0.15) is 21.5 Å². The summed E-state index contributed by atoms with van der Waals surface area (Å²) in [5.41, 5.74) is 3.91. The van der Waals surface area contributed by atoms with Gasteiger partial charge in [-0.25, -0.2) is 4.79 Å². The smallest absolute Gasteiger partial charge is 0.335 e. The number of aromatic nitrogens is 1. The van der Waals surface area contributed by atoms with Gasteiger partial charge in [-0.15, -0.1) is 0 Å². The molecule has 0 spiro atoms. The Morgan fingerprint density at radius 2 is 1.95 bits per heavy atom. The molecule has 0 fully saturated rings. The van der Waals surface area contributed by atoms with Gasteiger partial charge < -0.3 is 9.67 Å². The van der Waals surface area contributed by atoms with Crippen LogP contribution in [0.25, 0.3) is 10.9 Å². The van der Waals surface area contributed by atoms with Crippen LogP contribution in [-0.2, 0) is 6.54 Å². The van der Waals surface area contributed by atoms with Gasteiger partial charge in [-0.3, -0.25) is 0 Å². The molecule has 0 unspecified atom stereocenters. The first kappa shape index (κ1) is 12.5. The Kier molecular flexibility index (Phi) is 3.03. The summed E-state index contributed by atoms with van der Waals surface area (Å²) in [6, 6.07) is 15.5. The molecule has 0 saturated heterocycles. The lowest BCUT2D eigenvalue weighted by atomic mass is 10.1. The number of carbonyl (C=O) groups is 1. The van der Waals surface area contributed by atoms with E-state index < -0.39 is 5.97 Å². The maximum Gasteiger partial charge on any atom is 0.335 e. The Hall–Kier alpha value is -2.55. The van der Waals surface area contributed by atoms with E-state index in [4.69, 9.17) is 5.11 Å². The second-order valence-corrected chi connectivity index (χ2v) is 4.95. The molecule has 0 amide bonds. The second kappa shape index (κ2) is 4.85. The van der Waals surface area contributed by atoms with Crippen LogP contribution >= 0.6 is 0 Å². The number of aromatic carboxylic acids is 1. The molecule has 3 nitrogen and oxygen atoms in total. The Labute approximate surface area is 117 Å². The van der Waals surface area contributed by atoms with Gasteiger partial charge in [0.1, 0.15) is 0 Å². The molecule has 0 aliphatic carbocycles. The molecule has 0 bridgehead atoms. The molecule has 0 radical (unpaired) electrons. The number of nitrogens with zero attached hydrogens (tertiary/aromatic N) is 1. The largest absolute Gasteiger partial charge is 0.478 e. The third-order valence-corrected chi connectivity index (χ3v) is 3.62. The summed E-state index contributed by atoms with van der Waals surface area (Å²) in [4.78, 5) is 11.0. The average molecular weight is 265 g/mol. The lowest BCUT2D eigenvalue weighted by Crippen LogP contribution is -2.00. The van der Waals surface area contributed by atoms with Crippen molar-refractivity contribution in [1.29, 1.82) is 0 Å². The highest BCUT2D eigenvalue weighted by Gasteiger charge is 2.07. The summed E-state index contributed by atoms with van der Waals surface area (Å²) in [5, 5.41) is 9.97. The molecule has 100 valence electrons. The van der Waals surface area contributed by atoms with Crippen molar-refractivity contribution in [3.63, 3.8) is 0 Å². The van der Waals surface area contributed by atoms with Gasteiger partial charge in [0.15, 0.2) is 0 Å². The van der Waals surface area contributed by atoms with Crippen molar-refractivity contribution in [2.24, 2.45) is 0 Å². The molecular formula is C17H15NO2. The van der Waals surface area contributed by atoms with Gasteiger partial charge in [0.25, 0.3) is 0 Å². The van der Waals surface area contributed by atoms with Gasteiger partial charge in [0.05, 0.1) is 5.56 Å². The molecule has 20 heavy (non-hydrogen) atoms. The number of benzene rings is 2. The van der Waals surface area contributed by atoms with Crippen molar-refractivity contribution in [2.45, 2.75) is 13.5 Å². The first-order chi connectivity index (χ1) is 9.65. The van der Waals surface area contributed by atoms with Crippen LogP contribution in [0.5, 0.6) is 0 Å². The van der Waals surface area contributed by atoms with Crippen LogP contribution < -0.4 is 0 Å². The summed E-state index contributed by atoms with van der Waals surface area (Å²) in [6.07, 6.45) is 2.00. The number of carboxylic acid groups (broad SMARTS) is 1. The minimum Gasteiger partial charge on any atom is -0.478 e. The summed E-state index contributed by atoms with van der Waals surface area (Å²) >= 11 is 0. The van der Waals surface area contributed by atoms with Crippen molar-refractivity contribution >= 4 is 16.9 Å². The average Bonchev–Trinajstić information content (AvgIpc) is 2.84. The third-order valence-electron chi connectivity index (χ3n) is 3.62. The van der Waals surface area contributed by atoms with Crippen LogP contribution in [0.4, 0.5) is 0 Å². The van der Waals surface area contributed by atoms with Gasteiger partial charge >= 0.3 is 5.97 Å². The van der Waals surface area contributed by atoms with Gasteiger partial charge in [0, 0.05) is 23.6 Å². The van der Waals surface area contributed by atoms with E-state index >= 15 is 0 Å². The zero-order valence-electron chi connectivity index (χ0n) is 11.2. The van der Waals surface area contributed by atoms with Gasteiger partial charge in [-0.05, 0) is 42.3 Å². The highest BCUT2D eigenvalue weighted by atomic mass is 16.4. The number of fused-ring (bicyclic) bond motifs is 1. The first-order valence-electron chi connectivity index (χ1n) is 6.52. The van der Waals surface area contributed by atoms with E-state index in [1.165, 1.54) is 11.1 Å². The predicted octanol–water partition coefficient (Wildman–Crippen LogP) is 3.70. The maximum absolute atomic E-state index is 11.0. The molecule has 2 aromatic carbocycles. The molecule has 3 rings (SSSR count). The summed E-state index contributed by atoms with van der Waals surface area (Å²) in [5.74, 6) is -0.890. The molecule has 1 aromatic heterocycles. The quantitative estimate of drug-likeness (QED) is 0.784. The van der Waals surface area contributed by atoms with Crippen molar-refractivity contribution in [3.8, 4) is 0 Å². The van der Waals surface area contributed by atoms with Gasteiger partial charge in [0.2, 0.25) is 0 Å². The van der Waals surface area contributed by atoms with E-state index in [2.05, 4.69) is 23.6 Å². The van der Waals surface area contributed by atoms with E-state index in [-0.39, 0.29) is 0 Å². The second-order valence-electron chi connectivity index (χ2n) is 4.95. The molecule has 1 N–H and O–H groups in total.